The van der Waals surface area contributed by atoms with Gasteiger partial charge in [-0.05, 0) is 85.6 Å². The Morgan fingerprint density at radius 2 is 0.700 bits per heavy atom. The minimum absolute atomic E-state index is 0.219. The molecule has 6 heteroatoms. The van der Waals surface area contributed by atoms with E-state index < -0.39 is 0 Å². The van der Waals surface area contributed by atoms with Gasteiger partial charge in [-0.1, -0.05) is 0 Å². The van der Waals surface area contributed by atoms with Crippen LogP contribution in [0.4, 0.5) is 0 Å². The van der Waals surface area contributed by atoms with Crippen molar-refractivity contribution in [3.63, 3.8) is 0 Å². The summed E-state index contributed by atoms with van der Waals surface area (Å²) in [4.78, 5) is 50.8. The molecule has 2 heterocycles. The van der Waals surface area contributed by atoms with Gasteiger partial charge in [-0.3, -0.25) is 28.3 Å². The van der Waals surface area contributed by atoms with Crippen molar-refractivity contribution in [3.8, 4) is 0 Å². The normalized spacial score (nSPS) is 12.5. The van der Waals surface area contributed by atoms with E-state index in [0.717, 1.165) is 21.5 Å². The molecular formula is C24H20N2O4. The second-order valence-electron chi connectivity index (χ2n) is 8.49. The Hall–Kier alpha value is -3.54. The van der Waals surface area contributed by atoms with Crippen molar-refractivity contribution < 1.29 is 0 Å². The van der Waals surface area contributed by atoms with Crippen LogP contribution in [-0.4, -0.2) is 9.13 Å². The van der Waals surface area contributed by atoms with Gasteiger partial charge >= 0.3 is 0 Å². The summed E-state index contributed by atoms with van der Waals surface area (Å²) in [6.07, 6.45) is 0. The van der Waals surface area contributed by atoms with Crippen molar-refractivity contribution >= 4 is 43.1 Å². The predicted molar refractivity (Wildman–Crippen MR) is 121 cm³/mol. The second kappa shape index (κ2) is 5.98. The first-order chi connectivity index (χ1) is 14.2. The fourth-order valence-electron chi connectivity index (χ4n) is 4.45. The van der Waals surface area contributed by atoms with Gasteiger partial charge in [0.2, 0.25) is 0 Å². The molecule has 5 aromatic rings. The van der Waals surface area contributed by atoms with Crippen molar-refractivity contribution in [2.45, 2.75) is 39.8 Å². The van der Waals surface area contributed by atoms with Crippen LogP contribution in [0.3, 0.4) is 0 Å². The Balaban J connectivity index is 1.90. The van der Waals surface area contributed by atoms with Crippen LogP contribution in [-0.2, 0) is 0 Å². The van der Waals surface area contributed by atoms with Gasteiger partial charge < -0.3 is 0 Å². The van der Waals surface area contributed by atoms with E-state index >= 15 is 0 Å². The highest BCUT2D eigenvalue weighted by atomic mass is 16.2. The molecule has 0 bridgehead atoms. The molecule has 0 aliphatic carbocycles. The molecule has 150 valence electrons. The number of aromatic nitrogens is 2. The largest absolute Gasteiger partial charge is 0.272 e. The Morgan fingerprint density at radius 3 is 0.900 bits per heavy atom. The van der Waals surface area contributed by atoms with Crippen molar-refractivity contribution in [1.82, 2.24) is 9.13 Å². The maximum atomic E-state index is 12.7. The van der Waals surface area contributed by atoms with Gasteiger partial charge in [0.25, 0.3) is 22.2 Å². The van der Waals surface area contributed by atoms with Crippen molar-refractivity contribution in [1.29, 1.82) is 0 Å². The van der Waals surface area contributed by atoms with E-state index in [1.54, 1.807) is 24.3 Å². The molecule has 0 spiro atoms. The Morgan fingerprint density at radius 1 is 0.467 bits per heavy atom. The molecule has 0 N–H and O–H groups in total. The van der Waals surface area contributed by atoms with E-state index in [4.69, 9.17) is 0 Å². The van der Waals surface area contributed by atoms with Crippen LogP contribution in [0.1, 0.15) is 39.8 Å². The first kappa shape index (κ1) is 18.5. The zero-order valence-electron chi connectivity index (χ0n) is 17.1. The zero-order chi connectivity index (χ0) is 21.5. The SMILES string of the molecule is CC(C)n1c(=O)c2cc3cc4cc5c(=O)n(C(C)C)c(=O)c5cc4cc3cc2c1=O. The Bertz CT molecular complexity index is 1480. The molecule has 0 unspecified atom stereocenters. The molecule has 6 nitrogen and oxygen atoms in total. The minimum Gasteiger partial charge on any atom is -0.272 e. The summed E-state index contributed by atoms with van der Waals surface area (Å²) in [7, 11) is 0. The molecule has 0 aliphatic heterocycles. The van der Waals surface area contributed by atoms with Crippen molar-refractivity contribution in [3.05, 3.63) is 77.8 Å². The number of benzene rings is 3. The third kappa shape index (κ3) is 2.30. The van der Waals surface area contributed by atoms with E-state index in [1.165, 1.54) is 9.13 Å². The molecule has 3 aromatic carbocycles. The lowest BCUT2D eigenvalue weighted by Crippen LogP contribution is -2.26. The number of fused-ring (bicyclic) bond motifs is 4. The maximum Gasteiger partial charge on any atom is 0.261 e. The highest BCUT2D eigenvalue weighted by Crippen LogP contribution is 2.28. The average Bonchev–Trinajstić information content (AvgIpc) is 3.07. The summed E-state index contributed by atoms with van der Waals surface area (Å²) in [5.74, 6) is 0. The molecule has 0 fully saturated rings. The van der Waals surface area contributed by atoms with Crippen LogP contribution in [0, 0.1) is 0 Å². The molecule has 0 atom stereocenters. The fraction of sp³-hybridized carbons (Fsp3) is 0.250. The summed E-state index contributed by atoms with van der Waals surface area (Å²) in [6, 6.07) is 10.3. The maximum absolute atomic E-state index is 12.7. The molecule has 30 heavy (non-hydrogen) atoms. The van der Waals surface area contributed by atoms with Crippen LogP contribution in [0.5, 0.6) is 0 Å². The molecule has 0 radical (unpaired) electrons. The summed E-state index contributed by atoms with van der Waals surface area (Å²) in [5.41, 5.74) is -1.13. The first-order valence-corrected chi connectivity index (χ1v) is 10.0. The van der Waals surface area contributed by atoms with Crippen LogP contribution < -0.4 is 22.2 Å². The summed E-state index contributed by atoms with van der Waals surface area (Å²) in [6.45, 7) is 7.24. The number of hydrogen-bond donors (Lipinski definition) is 0. The highest BCUT2D eigenvalue weighted by molar-refractivity contribution is 6.08. The molecular weight excluding hydrogens is 380 g/mol. The quantitative estimate of drug-likeness (QED) is 0.426. The van der Waals surface area contributed by atoms with Crippen molar-refractivity contribution in [2.75, 3.05) is 0 Å². The molecule has 0 saturated heterocycles. The summed E-state index contributed by atoms with van der Waals surface area (Å²) >= 11 is 0. The Kier molecular flexibility index (Phi) is 3.69. The average molecular weight is 400 g/mol. The molecule has 2 aromatic heterocycles. The van der Waals surface area contributed by atoms with Gasteiger partial charge in [-0.2, -0.15) is 0 Å². The first-order valence-electron chi connectivity index (χ1n) is 10.0. The van der Waals surface area contributed by atoms with Gasteiger partial charge in [0.15, 0.2) is 0 Å². The fourth-order valence-corrected chi connectivity index (χ4v) is 4.45. The van der Waals surface area contributed by atoms with Crippen LogP contribution >= 0.6 is 0 Å². The molecule has 0 aliphatic rings. The third-order valence-corrected chi connectivity index (χ3v) is 5.90. The van der Waals surface area contributed by atoms with E-state index in [2.05, 4.69) is 0 Å². The highest BCUT2D eigenvalue weighted by Gasteiger charge is 2.18. The number of nitrogens with zero attached hydrogens (tertiary/aromatic N) is 2. The molecule has 5 rings (SSSR count). The van der Waals surface area contributed by atoms with E-state index in [0.29, 0.717) is 21.5 Å². The molecule has 0 saturated carbocycles. The van der Waals surface area contributed by atoms with Gasteiger partial charge in [-0.25, -0.2) is 0 Å². The van der Waals surface area contributed by atoms with E-state index in [-0.39, 0.29) is 34.3 Å². The topological polar surface area (TPSA) is 78.1 Å². The smallest absolute Gasteiger partial charge is 0.261 e. The number of hydrogen-bond acceptors (Lipinski definition) is 4. The van der Waals surface area contributed by atoms with Gasteiger partial charge in [0.05, 0.1) is 21.5 Å². The van der Waals surface area contributed by atoms with Crippen molar-refractivity contribution in [2.24, 2.45) is 0 Å². The van der Waals surface area contributed by atoms with E-state index in [9.17, 15) is 19.2 Å². The lowest BCUT2D eigenvalue weighted by molar-refractivity contribution is 0.574. The van der Waals surface area contributed by atoms with Gasteiger partial charge in [-0.15, -0.1) is 0 Å². The molecule has 0 amide bonds. The lowest BCUT2D eigenvalue weighted by atomic mass is 10.00. The predicted octanol–water partition coefficient (Wildman–Crippen LogP) is 3.38. The van der Waals surface area contributed by atoms with Gasteiger partial charge in [0.1, 0.15) is 0 Å². The summed E-state index contributed by atoms with van der Waals surface area (Å²) in [5, 5.41) is 4.85. The zero-order valence-corrected chi connectivity index (χ0v) is 17.1. The minimum atomic E-state index is -0.283. The van der Waals surface area contributed by atoms with Crippen LogP contribution in [0.25, 0.3) is 43.1 Å². The summed E-state index contributed by atoms with van der Waals surface area (Å²) < 4.78 is 2.55. The third-order valence-electron chi connectivity index (χ3n) is 5.90. The standard InChI is InChI=1S/C24H20N2O4/c1-11(2)25-21(27)17-7-13-5-15-9-19-20(24(30)26(12(3)4)23(19)29)10-16(15)6-14(13)8-18(17)22(25)28/h5-12H,1-4H3. The monoisotopic (exact) mass is 400 g/mol. The lowest BCUT2D eigenvalue weighted by Gasteiger charge is -2.03. The van der Waals surface area contributed by atoms with E-state index in [1.807, 2.05) is 39.8 Å². The second-order valence-corrected chi connectivity index (χ2v) is 8.49. The number of rotatable bonds is 2. The Labute approximate surface area is 170 Å². The van der Waals surface area contributed by atoms with Gasteiger partial charge in [0, 0.05) is 12.1 Å². The van der Waals surface area contributed by atoms with Crippen LogP contribution in [0.15, 0.2) is 55.6 Å². The van der Waals surface area contributed by atoms with Crippen LogP contribution in [0.2, 0.25) is 0 Å².